The molecule has 0 unspecified atom stereocenters. The highest BCUT2D eigenvalue weighted by Gasteiger charge is 2.09. The van der Waals surface area contributed by atoms with E-state index in [-0.39, 0.29) is 5.78 Å². The van der Waals surface area contributed by atoms with Crippen LogP contribution >= 0.6 is 34.4 Å². The summed E-state index contributed by atoms with van der Waals surface area (Å²) >= 11 is 4.62. The number of anilines is 2. The van der Waals surface area contributed by atoms with Crippen molar-refractivity contribution in [1.29, 1.82) is 0 Å². The van der Waals surface area contributed by atoms with Gasteiger partial charge in [-0.25, -0.2) is 0 Å². The van der Waals surface area contributed by atoms with Crippen molar-refractivity contribution in [3.05, 3.63) is 46.7 Å². The van der Waals surface area contributed by atoms with Crippen LogP contribution in [0.1, 0.15) is 22.5 Å². The zero-order valence-corrected chi connectivity index (χ0v) is 16.0. The molecule has 5 nitrogen and oxygen atoms in total. The van der Waals surface area contributed by atoms with Crippen molar-refractivity contribution in [2.24, 2.45) is 0 Å². The Hall–Kier alpha value is -1.90. The van der Waals surface area contributed by atoms with Gasteiger partial charge in [-0.2, -0.15) is 0 Å². The minimum absolute atomic E-state index is 0.214. The van der Waals surface area contributed by atoms with Gasteiger partial charge < -0.3 is 10.1 Å². The predicted octanol–water partition coefficient (Wildman–Crippen LogP) is 5.11. The highest BCUT2D eigenvalue weighted by Crippen LogP contribution is 2.31. The van der Waals surface area contributed by atoms with E-state index in [1.54, 1.807) is 18.9 Å². The number of hydrogen-bond donors (Lipinski definition) is 1. The van der Waals surface area contributed by atoms with E-state index in [1.165, 1.54) is 22.7 Å². The molecule has 0 atom stereocenters. The standard InChI is InChI=1S/C17H17N3O2S3/c1-22-14-8-3-2-6-12(14)18-16-19-20-17(25-16)24-11-4-7-13(21)15-9-5-10-23-15/h2-3,5-6,8-10H,4,7,11H2,1H3,(H,18,19). The first-order valence-corrected chi connectivity index (χ1v) is 10.4. The van der Waals surface area contributed by atoms with Gasteiger partial charge in [-0.05, 0) is 30.0 Å². The first kappa shape index (κ1) is 17.9. The average molecular weight is 392 g/mol. The molecule has 2 aromatic heterocycles. The van der Waals surface area contributed by atoms with E-state index in [1.807, 2.05) is 41.8 Å². The molecule has 0 aliphatic rings. The van der Waals surface area contributed by atoms with E-state index in [0.717, 1.165) is 38.0 Å². The fraction of sp³-hybridized carbons (Fsp3) is 0.235. The number of aromatic nitrogens is 2. The van der Waals surface area contributed by atoms with Crippen LogP contribution in [-0.2, 0) is 0 Å². The van der Waals surface area contributed by atoms with Crippen LogP contribution in [0, 0.1) is 0 Å². The summed E-state index contributed by atoms with van der Waals surface area (Å²) in [5, 5.41) is 14.2. The Kier molecular flexibility index (Phi) is 6.43. The number of rotatable bonds is 9. The molecule has 130 valence electrons. The maximum Gasteiger partial charge on any atom is 0.210 e. The molecule has 0 fully saturated rings. The first-order valence-electron chi connectivity index (χ1n) is 7.69. The predicted molar refractivity (Wildman–Crippen MR) is 105 cm³/mol. The van der Waals surface area contributed by atoms with Crippen LogP contribution in [0.3, 0.4) is 0 Å². The third-order valence-electron chi connectivity index (χ3n) is 3.32. The van der Waals surface area contributed by atoms with Crippen LogP contribution in [-0.4, -0.2) is 28.8 Å². The third-order valence-corrected chi connectivity index (χ3v) is 6.29. The normalized spacial score (nSPS) is 10.6. The lowest BCUT2D eigenvalue weighted by Gasteiger charge is -2.07. The topological polar surface area (TPSA) is 64.1 Å². The van der Waals surface area contributed by atoms with E-state index in [0.29, 0.717) is 6.42 Å². The SMILES string of the molecule is COc1ccccc1Nc1nnc(SCCCC(=O)c2cccs2)s1. The molecule has 0 amide bonds. The number of thioether (sulfide) groups is 1. The fourth-order valence-corrected chi connectivity index (χ4v) is 4.60. The molecule has 3 rings (SSSR count). The summed E-state index contributed by atoms with van der Waals surface area (Å²) in [6, 6.07) is 11.5. The van der Waals surface area contributed by atoms with Gasteiger partial charge >= 0.3 is 0 Å². The van der Waals surface area contributed by atoms with E-state index in [4.69, 9.17) is 4.74 Å². The number of benzene rings is 1. The number of Topliss-reactive ketones (excluding diaryl/α,β-unsaturated/α-hetero) is 1. The zero-order valence-electron chi connectivity index (χ0n) is 13.6. The molecule has 25 heavy (non-hydrogen) atoms. The Labute approximate surface area is 158 Å². The van der Waals surface area contributed by atoms with Gasteiger partial charge in [0, 0.05) is 12.2 Å². The van der Waals surface area contributed by atoms with E-state index < -0.39 is 0 Å². The number of para-hydroxylation sites is 2. The molecule has 1 N–H and O–H groups in total. The molecule has 0 bridgehead atoms. The summed E-state index contributed by atoms with van der Waals surface area (Å²) < 4.78 is 6.20. The molecule has 3 aromatic rings. The molecule has 0 saturated heterocycles. The van der Waals surface area contributed by atoms with Crippen molar-refractivity contribution >= 4 is 51.0 Å². The molecular formula is C17H17N3O2S3. The van der Waals surface area contributed by atoms with Crippen molar-refractivity contribution in [3.63, 3.8) is 0 Å². The number of ether oxygens (including phenoxy) is 1. The van der Waals surface area contributed by atoms with Gasteiger partial charge in [0.25, 0.3) is 0 Å². The number of carbonyl (C=O) groups excluding carboxylic acids is 1. The lowest BCUT2D eigenvalue weighted by Crippen LogP contribution is -1.96. The lowest BCUT2D eigenvalue weighted by molar-refractivity contribution is 0.0986. The van der Waals surface area contributed by atoms with Gasteiger partial charge in [0.15, 0.2) is 10.1 Å². The van der Waals surface area contributed by atoms with Gasteiger partial charge in [-0.3, -0.25) is 4.79 Å². The Bertz CT molecular complexity index is 818. The summed E-state index contributed by atoms with van der Waals surface area (Å²) in [5.74, 6) is 1.82. The fourth-order valence-electron chi connectivity index (χ4n) is 2.13. The van der Waals surface area contributed by atoms with Crippen molar-refractivity contribution in [2.75, 3.05) is 18.2 Å². The van der Waals surface area contributed by atoms with Gasteiger partial charge in [-0.15, -0.1) is 21.5 Å². The average Bonchev–Trinajstić information content (AvgIpc) is 3.31. The Morgan fingerprint density at radius 2 is 2.12 bits per heavy atom. The number of methoxy groups -OCH3 is 1. The molecule has 2 heterocycles. The van der Waals surface area contributed by atoms with E-state index in [2.05, 4.69) is 15.5 Å². The smallest absolute Gasteiger partial charge is 0.210 e. The molecule has 1 aromatic carbocycles. The van der Waals surface area contributed by atoms with Crippen LogP contribution in [0.25, 0.3) is 0 Å². The number of hydrogen-bond acceptors (Lipinski definition) is 8. The second-order valence-electron chi connectivity index (χ2n) is 5.05. The Balaban J connectivity index is 1.46. The summed E-state index contributed by atoms with van der Waals surface area (Å²) in [6.07, 6.45) is 1.40. The number of nitrogens with one attached hydrogen (secondary N) is 1. The Morgan fingerprint density at radius 3 is 2.92 bits per heavy atom. The molecule has 0 radical (unpaired) electrons. The molecule has 0 saturated carbocycles. The minimum atomic E-state index is 0.214. The van der Waals surface area contributed by atoms with Gasteiger partial charge in [0.2, 0.25) is 5.13 Å². The number of carbonyl (C=O) groups is 1. The third kappa shape index (κ3) is 5.04. The molecule has 8 heteroatoms. The maximum absolute atomic E-state index is 11.9. The molecular weight excluding hydrogens is 374 g/mol. The van der Waals surface area contributed by atoms with Gasteiger partial charge in [0.05, 0.1) is 17.7 Å². The second-order valence-corrected chi connectivity index (χ2v) is 8.32. The van der Waals surface area contributed by atoms with Gasteiger partial charge in [0.1, 0.15) is 5.75 Å². The minimum Gasteiger partial charge on any atom is -0.495 e. The lowest BCUT2D eigenvalue weighted by atomic mass is 10.2. The van der Waals surface area contributed by atoms with Gasteiger partial charge in [-0.1, -0.05) is 41.3 Å². The van der Waals surface area contributed by atoms with Crippen LogP contribution in [0.5, 0.6) is 5.75 Å². The summed E-state index contributed by atoms with van der Waals surface area (Å²) in [6.45, 7) is 0. The highest BCUT2D eigenvalue weighted by molar-refractivity contribution is 8.01. The Morgan fingerprint density at radius 1 is 1.24 bits per heavy atom. The summed E-state index contributed by atoms with van der Waals surface area (Å²) in [5.41, 5.74) is 0.860. The van der Waals surface area contributed by atoms with Crippen LogP contribution < -0.4 is 10.1 Å². The second kappa shape index (κ2) is 8.98. The maximum atomic E-state index is 11.9. The van der Waals surface area contributed by atoms with Crippen LogP contribution in [0.15, 0.2) is 46.1 Å². The van der Waals surface area contributed by atoms with Crippen molar-refractivity contribution < 1.29 is 9.53 Å². The van der Waals surface area contributed by atoms with E-state index >= 15 is 0 Å². The van der Waals surface area contributed by atoms with E-state index in [9.17, 15) is 4.79 Å². The van der Waals surface area contributed by atoms with Crippen molar-refractivity contribution in [1.82, 2.24) is 10.2 Å². The quantitative estimate of drug-likeness (QED) is 0.311. The summed E-state index contributed by atoms with van der Waals surface area (Å²) in [7, 11) is 1.64. The summed E-state index contributed by atoms with van der Waals surface area (Å²) in [4.78, 5) is 12.8. The highest BCUT2D eigenvalue weighted by atomic mass is 32.2. The zero-order chi connectivity index (χ0) is 17.5. The molecule has 0 aliphatic carbocycles. The molecule has 0 aliphatic heterocycles. The first-order chi connectivity index (χ1) is 12.3. The van der Waals surface area contributed by atoms with Crippen molar-refractivity contribution in [2.45, 2.75) is 17.2 Å². The molecule has 0 spiro atoms. The number of nitrogens with zero attached hydrogens (tertiary/aromatic N) is 2. The number of thiophene rings is 1. The van der Waals surface area contributed by atoms with Crippen LogP contribution in [0.2, 0.25) is 0 Å². The number of ketones is 1. The van der Waals surface area contributed by atoms with Crippen LogP contribution in [0.4, 0.5) is 10.8 Å². The monoisotopic (exact) mass is 391 g/mol. The largest absolute Gasteiger partial charge is 0.495 e. The van der Waals surface area contributed by atoms with Crippen molar-refractivity contribution in [3.8, 4) is 5.75 Å².